The molecule has 0 spiro atoms. The van der Waals surface area contributed by atoms with Gasteiger partial charge >= 0.3 is 0 Å². The van der Waals surface area contributed by atoms with Gasteiger partial charge in [0.2, 0.25) is 10.0 Å². The molecule has 1 aliphatic heterocycles. The van der Waals surface area contributed by atoms with Gasteiger partial charge < -0.3 is 9.64 Å². The normalized spacial score (nSPS) is 16.0. The van der Waals surface area contributed by atoms with E-state index < -0.39 is 10.0 Å². The lowest BCUT2D eigenvalue weighted by atomic mass is 10.1. The van der Waals surface area contributed by atoms with Crippen molar-refractivity contribution in [3.05, 3.63) is 52.5 Å². The predicted molar refractivity (Wildman–Crippen MR) is 117 cm³/mol. The molecule has 6 nitrogen and oxygen atoms in total. The molecule has 1 heterocycles. The van der Waals surface area contributed by atoms with Crippen LogP contribution in [0.4, 0.5) is 5.69 Å². The van der Waals surface area contributed by atoms with Crippen molar-refractivity contribution in [3.8, 4) is 5.75 Å². The number of halogens is 1. The molecular weight excluding hydrogens is 456 g/mol. The van der Waals surface area contributed by atoms with Crippen molar-refractivity contribution < 1.29 is 17.9 Å². The SMILES string of the molecule is CCCCNS(=O)(=O)c1ccc(OCC(=O)N2c3ccc(Br)cc3C[C@@H]2C)cc1. The summed E-state index contributed by atoms with van der Waals surface area (Å²) in [5.41, 5.74) is 2.04. The first-order chi connectivity index (χ1) is 13.8. The number of anilines is 1. The second-order valence-corrected chi connectivity index (χ2v) is 9.78. The molecule has 0 fully saturated rings. The zero-order valence-corrected chi connectivity index (χ0v) is 18.9. The fourth-order valence-corrected chi connectivity index (χ4v) is 4.86. The summed E-state index contributed by atoms with van der Waals surface area (Å²) < 4.78 is 33.6. The number of amides is 1. The third-order valence-corrected chi connectivity index (χ3v) is 6.81. The molecular formula is C21H25BrN2O4S. The molecule has 0 bridgehead atoms. The number of carbonyl (C=O) groups excluding carboxylic acids is 1. The molecule has 2 aromatic carbocycles. The number of rotatable bonds is 8. The summed E-state index contributed by atoms with van der Waals surface area (Å²) in [6.45, 7) is 4.32. The van der Waals surface area contributed by atoms with Gasteiger partial charge in [0.1, 0.15) is 5.75 Å². The Kier molecular flexibility index (Phi) is 6.97. The van der Waals surface area contributed by atoms with Crippen molar-refractivity contribution >= 4 is 37.5 Å². The third kappa shape index (κ3) is 5.18. The summed E-state index contributed by atoms with van der Waals surface area (Å²) >= 11 is 3.46. The predicted octanol–water partition coefficient (Wildman–Crippen LogP) is 3.88. The van der Waals surface area contributed by atoms with E-state index in [0.29, 0.717) is 12.3 Å². The summed E-state index contributed by atoms with van der Waals surface area (Å²) in [5, 5.41) is 0. The van der Waals surface area contributed by atoms with Gasteiger partial charge in [0.25, 0.3) is 5.91 Å². The van der Waals surface area contributed by atoms with E-state index in [2.05, 4.69) is 20.7 Å². The van der Waals surface area contributed by atoms with Crippen LogP contribution in [0.25, 0.3) is 0 Å². The zero-order valence-electron chi connectivity index (χ0n) is 16.5. The van der Waals surface area contributed by atoms with Gasteiger partial charge in [0.05, 0.1) is 4.90 Å². The van der Waals surface area contributed by atoms with Gasteiger partial charge in [-0.25, -0.2) is 13.1 Å². The number of nitrogens with one attached hydrogen (secondary N) is 1. The van der Waals surface area contributed by atoms with Crippen LogP contribution in [0.5, 0.6) is 5.75 Å². The van der Waals surface area contributed by atoms with E-state index in [9.17, 15) is 13.2 Å². The van der Waals surface area contributed by atoms with Crippen molar-refractivity contribution in [1.82, 2.24) is 4.72 Å². The Hall–Kier alpha value is -1.90. The average molecular weight is 481 g/mol. The van der Waals surface area contributed by atoms with Crippen molar-refractivity contribution in [2.45, 2.75) is 44.0 Å². The van der Waals surface area contributed by atoms with E-state index in [-0.39, 0.29) is 23.5 Å². The summed E-state index contributed by atoms with van der Waals surface area (Å²) in [6.07, 6.45) is 2.51. The van der Waals surface area contributed by atoms with E-state index in [4.69, 9.17) is 4.74 Å². The van der Waals surface area contributed by atoms with E-state index >= 15 is 0 Å². The molecule has 0 saturated heterocycles. The Morgan fingerprint density at radius 2 is 1.97 bits per heavy atom. The maximum absolute atomic E-state index is 12.7. The van der Waals surface area contributed by atoms with Gasteiger partial charge in [0.15, 0.2) is 6.61 Å². The van der Waals surface area contributed by atoms with Gasteiger partial charge in [-0.2, -0.15) is 0 Å². The molecule has 1 N–H and O–H groups in total. The van der Waals surface area contributed by atoms with Gasteiger partial charge in [-0.15, -0.1) is 0 Å². The first-order valence-corrected chi connectivity index (χ1v) is 11.9. The molecule has 0 aliphatic carbocycles. The van der Waals surface area contributed by atoms with Crippen molar-refractivity contribution in [2.75, 3.05) is 18.1 Å². The summed E-state index contributed by atoms with van der Waals surface area (Å²) in [4.78, 5) is 14.7. The molecule has 156 valence electrons. The second-order valence-electron chi connectivity index (χ2n) is 7.10. The highest BCUT2D eigenvalue weighted by Crippen LogP contribution is 2.34. The highest BCUT2D eigenvalue weighted by Gasteiger charge is 2.31. The van der Waals surface area contributed by atoms with Crippen LogP contribution >= 0.6 is 15.9 Å². The highest BCUT2D eigenvalue weighted by molar-refractivity contribution is 9.10. The van der Waals surface area contributed by atoms with E-state index in [0.717, 1.165) is 35.0 Å². The maximum Gasteiger partial charge on any atom is 0.265 e. The number of hydrogen-bond acceptors (Lipinski definition) is 4. The van der Waals surface area contributed by atoms with Crippen LogP contribution in [-0.4, -0.2) is 33.5 Å². The van der Waals surface area contributed by atoms with Crippen LogP contribution in [0.1, 0.15) is 32.3 Å². The third-order valence-electron chi connectivity index (χ3n) is 4.84. The quantitative estimate of drug-likeness (QED) is 0.581. The van der Waals surface area contributed by atoms with Gasteiger partial charge in [0, 0.05) is 22.7 Å². The molecule has 29 heavy (non-hydrogen) atoms. The first kappa shape index (κ1) is 21.8. The molecule has 1 aliphatic rings. The Morgan fingerprint density at radius 1 is 1.24 bits per heavy atom. The minimum atomic E-state index is -3.52. The smallest absolute Gasteiger partial charge is 0.265 e. The zero-order chi connectivity index (χ0) is 21.0. The maximum atomic E-state index is 12.7. The van der Waals surface area contributed by atoms with Gasteiger partial charge in [-0.1, -0.05) is 29.3 Å². The van der Waals surface area contributed by atoms with Crippen molar-refractivity contribution in [3.63, 3.8) is 0 Å². The van der Waals surface area contributed by atoms with Crippen molar-refractivity contribution in [2.24, 2.45) is 0 Å². The monoisotopic (exact) mass is 480 g/mol. The standard InChI is InChI=1S/C21H25BrN2O4S/c1-3-4-11-23-29(26,27)19-8-6-18(7-9-19)28-14-21(25)24-15(2)12-16-13-17(22)5-10-20(16)24/h5-10,13,15,23H,3-4,11-12,14H2,1-2H3/t15-/m0/s1. The lowest BCUT2D eigenvalue weighted by Crippen LogP contribution is -2.39. The molecule has 1 amide bonds. The number of sulfonamides is 1. The Labute approximate surface area is 180 Å². The fourth-order valence-electron chi connectivity index (χ4n) is 3.38. The summed E-state index contributed by atoms with van der Waals surface area (Å²) in [7, 11) is -3.52. The second kappa shape index (κ2) is 9.28. The molecule has 1 atom stereocenters. The number of hydrogen-bond donors (Lipinski definition) is 1. The average Bonchev–Trinajstić information content (AvgIpc) is 3.01. The van der Waals surface area contributed by atoms with Gasteiger partial charge in [-0.3, -0.25) is 4.79 Å². The lowest BCUT2D eigenvalue weighted by Gasteiger charge is -2.22. The Balaban J connectivity index is 1.61. The highest BCUT2D eigenvalue weighted by atomic mass is 79.9. The Bertz CT molecular complexity index is 977. The molecule has 2 aromatic rings. The van der Waals surface area contributed by atoms with E-state index in [1.807, 2.05) is 32.0 Å². The number of fused-ring (bicyclic) bond motifs is 1. The van der Waals surface area contributed by atoms with Crippen LogP contribution < -0.4 is 14.4 Å². The summed E-state index contributed by atoms with van der Waals surface area (Å²) in [6, 6.07) is 12.1. The Morgan fingerprint density at radius 3 is 2.66 bits per heavy atom. The van der Waals surface area contributed by atoms with Crippen LogP contribution in [0.2, 0.25) is 0 Å². The van der Waals surface area contributed by atoms with E-state index in [1.54, 1.807) is 17.0 Å². The molecule has 0 unspecified atom stereocenters. The minimum absolute atomic E-state index is 0.0668. The van der Waals surface area contributed by atoms with Crippen LogP contribution in [0.15, 0.2) is 51.8 Å². The topological polar surface area (TPSA) is 75.7 Å². The number of nitrogens with zero attached hydrogens (tertiary/aromatic N) is 1. The van der Waals surface area contributed by atoms with E-state index in [1.165, 1.54) is 12.1 Å². The van der Waals surface area contributed by atoms with Gasteiger partial charge in [-0.05, 0) is 67.8 Å². The van der Waals surface area contributed by atoms with Crippen molar-refractivity contribution in [1.29, 1.82) is 0 Å². The lowest BCUT2D eigenvalue weighted by molar-refractivity contribution is -0.120. The molecule has 0 radical (unpaired) electrons. The minimum Gasteiger partial charge on any atom is -0.484 e. The first-order valence-electron chi connectivity index (χ1n) is 9.65. The molecule has 8 heteroatoms. The summed E-state index contributed by atoms with van der Waals surface area (Å²) in [5.74, 6) is 0.324. The molecule has 0 aromatic heterocycles. The molecule has 3 rings (SSSR count). The largest absolute Gasteiger partial charge is 0.484 e. The van der Waals surface area contributed by atoms with Crippen LogP contribution in [0, 0.1) is 0 Å². The number of carbonyl (C=O) groups is 1. The van der Waals surface area contributed by atoms with Crippen LogP contribution in [0.3, 0.4) is 0 Å². The number of benzene rings is 2. The number of unbranched alkanes of at least 4 members (excludes halogenated alkanes) is 1. The van der Waals surface area contributed by atoms with Crippen LogP contribution in [-0.2, 0) is 21.2 Å². The number of ether oxygens (including phenoxy) is 1. The fraction of sp³-hybridized carbons (Fsp3) is 0.381. The molecule has 0 saturated carbocycles.